The maximum Gasteiger partial charge on any atom is 0.0551 e. The maximum absolute atomic E-state index is 5.75. The van der Waals surface area contributed by atoms with Gasteiger partial charge in [-0.15, -0.1) is 0 Å². The number of ether oxygens (including phenoxy) is 1. The Hall–Kier alpha value is -0.0800. The molecule has 5 atom stereocenters. The van der Waals surface area contributed by atoms with Gasteiger partial charge in [0.1, 0.15) is 0 Å². The van der Waals surface area contributed by atoms with Crippen LogP contribution in [0, 0.1) is 23.7 Å². The SMILES string of the molecule is CNC(C1CC(C)CC(C)C1)C1COC(C)C1. The van der Waals surface area contributed by atoms with Gasteiger partial charge in [0.25, 0.3) is 0 Å². The lowest BCUT2D eigenvalue weighted by atomic mass is 9.71. The Morgan fingerprint density at radius 3 is 2.06 bits per heavy atom. The average molecular weight is 239 g/mol. The van der Waals surface area contributed by atoms with E-state index in [0.29, 0.717) is 12.1 Å². The Morgan fingerprint density at radius 2 is 1.59 bits per heavy atom. The summed E-state index contributed by atoms with van der Waals surface area (Å²) in [6, 6.07) is 0.671. The molecule has 0 aromatic rings. The second kappa shape index (κ2) is 5.71. The van der Waals surface area contributed by atoms with Crippen LogP contribution in [0.1, 0.15) is 46.5 Å². The summed E-state index contributed by atoms with van der Waals surface area (Å²) in [5.41, 5.74) is 0. The number of hydrogen-bond acceptors (Lipinski definition) is 2. The minimum Gasteiger partial charge on any atom is -0.378 e. The van der Waals surface area contributed by atoms with Gasteiger partial charge in [-0.25, -0.2) is 0 Å². The zero-order valence-corrected chi connectivity index (χ0v) is 11.9. The molecule has 2 aliphatic rings. The summed E-state index contributed by atoms with van der Waals surface area (Å²) in [6.45, 7) is 8.01. The van der Waals surface area contributed by atoms with Gasteiger partial charge in [-0.3, -0.25) is 0 Å². The smallest absolute Gasteiger partial charge is 0.0551 e. The first-order valence-electron chi connectivity index (χ1n) is 7.39. The molecular formula is C15H29NO. The minimum atomic E-state index is 0.467. The molecule has 1 saturated heterocycles. The van der Waals surface area contributed by atoms with Crippen molar-refractivity contribution < 1.29 is 4.74 Å². The monoisotopic (exact) mass is 239 g/mol. The third-order valence-corrected chi connectivity index (χ3v) is 4.79. The van der Waals surface area contributed by atoms with Crippen LogP contribution in [0.3, 0.4) is 0 Å². The molecule has 1 heterocycles. The zero-order chi connectivity index (χ0) is 12.4. The lowest BCUT2D eigenvalue weighted by molar-refractivity contribution is 0.104. The predicted octanol–water partition coefficient (Wildman–Crippen LogP) is 3.07. The summed E-state index contributed by atoms with van der Waals surface area (Å²) < 4.78 is 5.75. The Balaban J connectivity index is 1.97. The molecule has 5 unspecified atom stereocenters. The number of hydrogen-bond donors (Lipinski definition) is 1. The van der Waals surface area contributed by atoms with Crippen molar-refractivity contribution in [2.45, 2.75) is 58.6 Å². The zero-order valence-electron chi connectivity index (χ0n) is 11.9. The highest BCUT2D eigenvalue weighted by Gasteiger charge is 2.36. The lowest BCUT2D eigenvalue weighted by Crippen LogP contribution is -2.43. The van der Waals surface area contributed by atoms with E-state index in [2.05, 4.69) is 33.1 Å². The quantitative estimate of drug-likeness (QED) is 0.817. The molecule has 1 aliphatic carbocycles. The van der Waals surface area contributed by atoms with Gasteiger partial charge in [-0.2, -0.15) is 0 Å². The molecule has 0 aromatic heterocycles. The van der Waals surface area contributed by atoms with Crippen molar-refractivity contribution in [1.82, 2.24) is 5.32 Å². The molecule has 2 rings (SSSR count). The van der Waals surface area contributed by atoms with Crippen molar-refractivity contribution >= 4 is 0 Å². The van der Waals surface area contributed by atoms with Crippen LogP contribution < -0.4 is 5.32 Å². The molecule has 1 aliphatic heterocycles. The number of nitrogens with one attached hydrogen (secondary N) is 1. The Morgan fingerprint density at radius 1 is 0.941 bits per heavy atom. The molecule has 0 spiro atoms. The van der Waals surface area contributed by atoms with Crippen LogP contribution in [-0.4, -0.2) is 25.8 Å². The van der Waals surface area contributed by atoms with Crippen LogP contribution in [-0.2, 0) is 4.74 Å². The topological polar surface area (TPSA) is 21.3 Å². The number of rotatable bonds is 3. The summed E-state index contributed by atoms with van der Waals surface area (Å²) in [6.07, 6.45) is 5.94. The van der Waals surface area contributed by atoms with Crippen LogP contribution in [0.4, 0.5) is 0 Å². The molecule has 2 fully saturated rings. The molecule has 0 aromatic carbocycles. The predicted molar refractivity (Wildman–Crippen MR) is 72.0 cm³/mol. The van der Waals surface area contributed by atoms with Gasteiger partial charge in [-0.1, -0.05) is 13.8 Å². The van der Waals surface area contributed by atoms with Gasteiger partial charge in [0.2, 0.25) is 0 Å². The van der Waals surface area contributed by atoms with Gasteiger partial charge >= 0.3 is 0 Å². The van der Waals surface area contributed by atoms with Crippen LogP contribution in [0.25, 0.3) is 0 Å². The molecule has 1 N–H and O–H groups in total. The van der Waals surface area contributed by atoms with Crippen LogP contribution in [0.15, 0.2) is 0 Å². The third-order valence-electron chi connectivity index (χ3n) is 4.79. The molecule has 2 nitrogen and oxygen atoms in total. The average Bonchev–Trinajstić information content (AvgIpc) is 2.64. The van der Waals surface area contributed by atoms with Crippen molar-refractivity contribution in [2.75, 3.05) is 13.7 Å². The van der Waals surface area contributed by atoms with E-state index in [0.717, 1.165) is 30.3 Å². The van der Waals surface area contributed by atoms with E-state index >= 15 is 0 Å². The first-order valence-corrected chi connectivity index (χ1v) is 7.39. The minimum absolute atomic E-state index is 0.467. The highest BCUT2D eigenvalue weighted by Crippen LogP contribution is 2.38. The molecule has 0 bridgehead atoms. The van der Waals surface area contributed by atoms with Gasteiger partial charge in [0, 0.05) is 12.0 Å². The summed E-state index contributed by atoms with van der Waals surface area (Å²) in [7, 11) is 2.14. The first kappa shape index (κ1) is 13.4. The van der Waals surface area contributed by atoms with E-state index in [1.165, 1.54) is 25.7 Å². The molecule has 0 radical (unpaired) electrons. The van der Waals surface area contributed by atoms with Gasteiger partial charge < -0.3 is 10.1 Å². The fourth-order valence-corrected chi connectivity index (χ4v) is 4.26. The molecule has 2 heteroatoms. The normalized spacial score (nSPS) is 44.8. The fraction of sp³-hybridized carbons (Fsp3) is 1.00. The van der Waals surface area contributed by atoms with Crippen molar-refractivity contribution in [2.24, 2.45) is 23.7 Å². The Labute approximate surface area is 107 Å². The lowest BCUT2D eigenvalue weighted by Gasteiger charge is -2.38. The van der Waals surface area contributed by atoms with Gasteiger partial charge in [0.15, 0.2) is 0 Å². The van der Waals surface area contributed by atoms with Crippen molar-refractivity contribution in [3.63, 3.8) is 0 Å². The van der Waals surface area contributed by atoms with Crippen LogP contribution >= 0.6 is 0 Å². The Bertz CT molecular complexity index is 233. The fourth-order valence-electron chi connectivity index (χ4n) is 4.26. The molecule has 17 heavy (non-hydrogen) atoms. The first-order chi connectivity index (χ1) is 8.10. The van der Waals surface area contributed by atoms with E-state index in [9.17, 15) is 0 Å². The Kier molecular flexibility index (Phi) is 4.48. The summed E-state index contributed by atoms with van der Waals surface area (Å²) in [4.78, 5) is 0. The van der Waals surface area contributed by atoms with E-state index < -0.39 is 0 Å². The summed E-state index contributed by atoms with van der Waals surface area (Å²) in [5.74, 6) is 3.40. The summed E-state index contributed by atoms with van der Waals surface area (Å²) >= 11 is 0. The standard InChI is InChI=1S/C15H29NO/c1-10-5-11(2)7-13(6-10)15(16-4)14-8-12(3)17-9-14/h10-16H,5-9H2,1-4H3. The highest BCUT2D eigenvalue weighted by molar-refractivity contribution is 4.90. The molecule has 100 valence electrons. The van der Waals surface area contributed by atoms with Crippen molar-refractivity contribution in [3.05, 3.63) is 0 Å². The van der Waals surface area contributed by atoms with E-state index in [1.54, 1.807) is 0 Å². The summed E-state index contributed by atoms with van der Waals surface area (Å²) in [5, 5.41) is 3.60. The van der Waals surface area contributed by atoms with Crippen LogP contribution in [0.5, 0.6) is 0 Å². The van der Waals surface area contributed by atoms with E-state index in [4.69, 9.17) is 4.74 Å². The van der Waals surface area contributed by atoms with Crippen molar-refractivity contribution in [1.29, 1.82) is 0 Å². The van der Waals surface area contributed by atoms with E-state index in [-0.39, 0.29) is 0 Å². The second-order valence-electron chi connectivity index (χ2n) is 6.63. The van der Waals surface area contributed by atoms with Crippen molar-refractivity contribution in [3.8, 4) is 0 Å². The van der Waals surface area contributed by atoms with Crippen LogP contribution in [0.2, 0.25) is 0 Å². The van der Waals surface area contributed by atoms with Gasteiger partial charge in [-0.05, 0) is 57.4 Å². The molecule has 1 saturated carbocycles. The largest absolute Gasteiger partial charge is 0.378 e. The van der Waals surface area contributed by atoms with E-state index in [1.807, 2.05) is 0 Å². The van der Waals surface area contributed by atoms with Gasteiger partial charge in [0.05, 0.1) is 12.7 Å². The molecular weight excluding hydrogens is 210 g/mol. The second-order valence-corrected chi connectivity index (χ2v) is 6.63. The molecule has 0 amide bonds. The highest BCUT2D eigenvalue weighted by atomic mass is 16.5. The maximum atomic E-state index is 5.75. The third kappa shape index (κ3) is 3.23.